The van der Waals surface area contributed by atoms with E-state index in [0.717, 1.165) is 42.5 Å². The van der Waals surface area contributed by atoms with Crippen molar-refractivity contribution in [3.05, 3.63) is 64.5 Å². The Kier molecular flexibility index (Phi) is 5.12. The summed E-state index contributed by atoms with van der Waals surface area (Å²) in [6, 6.07) is 8.12. The highest BCUT2D eigenvalue weighted by Crippen LogP contribution is 2.29. The molecule has 1 atom stereocenters. The molecule has 0 spiro atoms. The van der Waals surface area contributed by atoms with Gasteiger partial charge in [-0.3, -0.25) is 9.59 Å². The van der Waals surface area contributed by atoms with Crippen LogP contribution in [0.4, 0.5) is 0 Å². The van der Waals surface area contributed by atoms with Crippen LogP contribution in [0.15, 0.2) is 36.7 Å². The SMILES string of the molecule is CCC[n+]1ccc(CC2CCc3cc(C)ccc3C2=O)c(C(C)=O)c1. The molecule has 0 bridgehead atoms. The average Bonchev–Trinajstić information content (AvgIpc) is 2.58. The molecule has 130 valence electrons. The van der Waals surface area contributed by atoms with Crippen molar-refractivity contribution in [1.29, 1.82) is 0 Å². The summed E-state index contributed by atoms with van der Waals surface area (Å²) >= 11 is 0. The molecule has 0 aliphatic heterocycles. The summed E-state index contributed by atoms with van der Waals surface area (Å²) in [6.45, 7) is 6.69. The number of rotatable bonds is 5. The molecule has 25 heavy (non-hydrogen) atoms. The zero-order valence-corrected chi connectivity index (χ0v) is 15.3. The molecule has 2 aromatic rings. The first-order chi connectivity index (χ1) is 12.0. The third-order valence-electron chi connectivity index (χ3n) is 5.09. The van der Waals surface area contributed by atoms with Crippen LogP contribution in [0.3, 0.4) is 0 Å². The second kappa shape index (κ2) is 7.30. The Balaban J connectivity index is 1.86. The number of hydrogen-bond donors (Lipinski definition) is 0. The third-order valence-corrected chi connectivity index (χ3v) is 5.09. The summed E-state index contributed by atoms with van der Waals surface area (Å²) in [5.41, 5.74) is 4.98. The fourth-order valence-electron chi connectivity index (χ4n) is 3.77. The van der Waals surface area contributed by atoms with E-state index in [4.69, 9.17) is 0 Å². The van der Waals surface area contributed by atoms with Crippen LogP contribution >= 0.6 is 0 Å². The number of nitrogens with zero attached hydrogens (tertiary/aromatic N) is 1. The molecule has 3 heteroatoms. The minimum absolute atomic E-state index is 0.0321. The topological polar surface area (TPSA) is 38.0 Å². The summed E-state index contributed by atoms with van der Waals surface area (Å²) in [5.74, 6) is 0.260. The van der Waals surface area contributed by atoms with Crippen LogP contribution in [-0.2, 0) is 19.4 Å². The molecule has 0 N–H and O–H groups in total. The molecular formula is C22H26NO2+. The minimum Gasteiger partial charge on any atom is -0.294 e. The molecule has 1 aromatic heterocycles. The molecule has 0 saturated heterocycles. The van der Waals surface area contributed by atoms with Crippen molar-refractivity contribution in [1.82, 2.24) is 0 Å². The number of aromatic nitrogens is 1. The summed E-state index contributed by atoms with van der Waals surface area (Å²) in [6.07, 6.45) is 7.43. The highest BCUT2D eigenvalue weighted by molar-refractivity contribution is 6.01. The van der Waals surface area contributed by atoms with E-state index < -0.39 is 0 Å². The van der Waals surface area contributed by atoms with Gasteiger partial charge in [0.1, 0.15) is 6.54 Å². The number of carbonyl (C=O) groups excluding carboxylic acids is 2. The molecule has 1 unspecified atom stereocenters. The quantitative estimate of drug-likeness (QED) is 0.614. The van der Waals surface area contributed by atoms with E-state index in [1.807, 2.05) is 30.6 Å². The molecule has 0 saturated carbocycles. The molecule has 1 aliphatic carbocycles. The minimum atomic E-state index is -0.0321. The summed E-state index contributed by atoms with van der Waals surface area (Å²) in [5, 5.41) is 0. The number of pyridine rings is 1. The van der Waals surface area contributed by atoms with Gasteiger partial charge in [0.15, 0.2) is 24.0 Å². The maximum Gasteiger partial charge on any atom is 0.179 e. The first-order valence-corrected chi connectivity index (χ1v) is 9.16. The van der Waals surface area contributed by atoms with Gasteiger partial charge in [-0.15, -0.1) is 0 Å². The first-order valence-electron chi connectivity index (χ1n) is 9.16. The molecule has 0 amide bonds. The smallest absolute Gasteiger partial charge is 0.179 e. The monoisotopic (exact) mass is 336 g/mol. The van der Waals surface area contributed by atoms with Crippen molar-refractivity contribution in [3.8, 4) is 0 Å². The lowest BCUT2D eigenvalue weighted by molar-refractivity contribution is -0.697. The Morgan fingerprint density at radius 3 is 2.80 bits per heavy atom. The summed E-state index contributed by atoms with van der Waals surface area (Å²) < 4.78 is 2.06. The maximum atomic E-state index is 12.9. The van der Waals surface area contributed by atoms with Gasteiger partial charge in [-0.1, -0.05) is 30.7 Å². The Hall–Kier alpha value is -2.29. The number of aryl methyl sites for hydroxylation is 3. The van der Waals surface area contributed by atoms with Gasteiger partial charge in [0.2, 0.25) is 0 Å². The Morgan fingerprint density at radius 1 is 1.28 bits per heavy atom. The molecule has 3 rings (SSSR count). The van der Waals surface area contributed by atoms with Gasteiger partial charge in [-0.25, -0.2) is 4.57 Å². The van der Waals surface area contributed by atoms with Gasteiger partial charge < -0.3 is 0 Å². The van der Waals surface area contributed by atoms with Crippen molar-refractivity contribution in [2.24, 2.45) is 5.92 Å². The van der Waals surface area contributed by atoms with Crippen LogP contribution in [0.2, 0.25) is 0 Å². The van der Waals surface area contributed by atoms with Gasteiger partial charge in [0.05, 0.1) is 5.56 Å². The molecule has 3 nitrogen and oxygen atoms in total. The molecule has 1 aliphatic rings. The van der Waals surface area contributed by atoms with Crippen LogP contribution < -0.4 is 4.57 Å². The van der Waals surface area contributed by atoms with Crippen LogP contribution in [-0.4, -0.2) is 11.6 Å². The van der Waals surface area contributed by atoms with Crippen molar-refractivity contribution < 1.29 is 14.2 Å². The van der Waals surface area contributed by atoms with E-state index in [9.17, 15) is 9.59 Å². The Bertz CT molecular complexity index is 823. The molecule has 1 aromatic carbocycles. The van der Waals surface area contributed by atoms with Gasteiger partial charge in [0, 0.05) is 24.0 Å². The predicted octanol–water partition coefficient (Wildman–Crippen LogP) is 3.88. The number of ketones is 2. The van der Waals surface area contributed by atoms with E-state index in [-0.39, 0.29) is 17.5 Å². The highest BCUT2D eigenvalue weighted by Gasteiger charge is 2.29. The van der Waals surface area contributed by atoms with Gasteiger partial charge in [-0.2, -0.15) is 0 Å². The molecule has 0 radical (unpaired) electrons. The van der Waals surface area contributed by atoms with Crippen LogP contribution in [0, 0.1) is 12.8 Å². The second-order valence-corrected chi connectivity index (χ2v) is 7.14. The lowest BCUT2D eigenvalue weighted by Gasteiger charge is -2.24. The van der Waals surface area contributed by atoms with Crippen LogP contribution in [0.5, 0.6) is 0 Å². The number of Topliss-reactive ketones (excluding diaryl/α,β-unsaturated/α-hetero) is 2. The van der Waals surface area contributed by atoms with Gasteiger partial charge >= 0.3 is 0 Å². The van der Waals surface area contributed by atoms with Crippen molar-refractivity contribution in [2.75, 3.05) is 0 Å². The van der Waals surface area contributed by atoms with Crippen molar-refractivity contribution >= 4 is 11.6 Å². The molecule has 0 fully saturated rings. The number of fused-ring (bicyclic) bond motifs is 1. The number of carbonyl (C=O) groups is 2. The summed E-state index contributed by atoms with van der Waals surface area (Å²) in [7, 11) is 0. The summed E-state index contributed by atoms with van der Waals surface area (Å²) in [4.78, 5) is 25.0. The lowest BCUT2D eigenvalue weighted by atomic mass is 9.79. The fraction of sp³-hybridized carbons (Fsp3) is 0.409. The van der Waals surface area contributed by atoms with E-state index in [1.165, 1.54) is 11.1 Å². The van der Waals surface area contributed by atoms with Crippen molar-refractivity contribution in [2.45, 2.75) is 53.0 Å². The zero-order chi connectivity index (χ0) is 18.0. The van der Waals surface area contributed by atoms with E-state index in [2.05, 4.69) is 24.5 Å². The average molecular weight is 336 g/mol. The molecule has 1 heterocycles. The third kappa shape index (κ3) is 3.71. The standard InChI is InChI=1S/C22H26NO2/c1-4-10-23-11-9-18(21(14-23)16(3)24)13-19-7-6-17-12-15(2)5-8-20(17)22(19)25/h5,8-9,11-12,14,19H,4,6-7,10,13H2,1-3H3/q+1. The Morgan fingerprint density at radius 2 is 2.08 bits per heavy atom. The first kappa shape index (κ1) is 17.5. The van der Waals surface area contributed by atoms with E-state index in [1.54, 1.807) is 6.92 Å². The van der Waals surface area contributed by atoms with Gasteiger partial charge in [0.25, 0.3) is 0 Å². The fourth-order valence-corrected chi connectivity index (χ4v) is 3.77. The van der Waals surface area contributed by atoms with Crippen molar-refractivity contribution in [3.63, 3.8) is 0 Å². The largest absolute Gasteiger partial charge is 0.294 e. The predicted molar refractivity (Wildman–Crippen MR) is 98.0 cm³/mol. The van der Waals surface area contributed by atoms with E-state index in [0.29, 0.717) is 6.42 Å². The zero-order valence-electron chi connectivity index (χ0n) is 15.3. The van der Waals surface area contributed by atoms with Crippen LogP contribution in [0.25, 0.3) is 0 Å². The van der Waals surface area contributed by atoms with Gasteiger partial charge in [-0.05, 0) is 44.2 Å². The molecular weight excluding hydrogens is 310 g/mol. The number of benzene rings is 1. The lowest BCUT2D eigenvalue weighted by Crippen LogP contribution is -2.34. The normalized spacial score (nSPS) is 16.6. The van der Waals surface area contributed by atoms with E-state index >= 15 is 0 Å². The van der Waals surface area contributed by atoms with Crippen LogP contribution in [0.1, 0.15) is 64.1 Å². The number of hydrogen-bond acceptors (Lipinski definition) is 2. The second-order valence-electron chi connectivity index (χ2n) is 7.14. The maximum absolute atomic E-state index is 12.9. The Labute approximate surface area is 149 Å². The highest BCUT2D eigenvalue weighted by atomic mass is 16.1.